The number of nitrogens with zero attached hydrogens (tertiary/aromatic N) is 2. The van der Waals surface area contributed by atoms with Crippen molar-refractivity contribution in [2.75, 3.05) is 0 Å². The summed E-state index contributed by atoms with van der Waals surface area (Å²) < 4.78 is 14.9. The number of nitrogens with one attached hydrogen (secondary N) is 1. The van der Waals surface area contributed by atoms with Gasteiger partial charge in [0.05, 0.1) is 11.7 Å². The van der Waals surface area contributed by atoms with Crippen LogP contribution in [0, 0.1) is 12.7 Å². The van der Waals surface area contributed by atoms with E-state index in [2.05, 4.69) is 9.97 Å². The minimum atomic E-state index is -0.372. The smallest absolute Gasteiger partial charge is 0.260 e. The molecule has 0 saturated heterocycles. The lowest BCUT2D eigenvalue weighted by Gasteiger charge is -2.06. The molecule has 0 aliphatic carbocycles. The summed E-state index contributed by atoms with van der Waals surface area (Å²) in [5, 5.41) is 0.584. The van der Waals surface area contributed by atoms with E-state index in [1.165, 1.54) is 30.6 Å². The second-order valence-corrected chi connectivity index (χ2v) is 6.40. The van der Waals surface area contributed by atoms with E-state index in [0.29, 0.717) is 28.7 Å². The second-order valence-electron chi connectivity index (χ2n) is 6.40. The molecule has 1 N–H and O–H groups in total. The number of halogens is 1. The summed E-state index contributed by atoms with van der Waals surface area (Å²) in [7, 11) is 0. The normalized spacial score (nSPS) is 11.0. The zero-order valence-electron chi connectivity index (χ0n) is 14.6. The van der Waals surface area contributed by atoms with Crippen LogP contribution < -0.4 is 5.56 Å². The van der Waals surface area contributed by atoms with Gasteiger partial charge in [0.2, 0.25) is 0 Å². The monoisotopic (exact) mass is 361 g/mol. The van der Waals surface area contributed by atoms with Crippen molar-refractivity contribution < 1.29 is 9.18 Å². The Morgan fingerprint density at radius 2 is 1.70 bits per heavy atom. The fourth-order valence-electron chi connectivity index (χ4n) is 3.17. The van der Waals surface area contributed by atoms with Crippen LogP contribution in [0.4, 0.5) is 4.39 Å². The predicted octanol–water partition coefficient (Wildman–Crippen LogP) is 3.45. The van der Waals surface area contributed by atoms with Crippen molar-refractivity contribution >= 4 is 16.8 Å². The summed E-state index contributed by atoms with van der Waals surface area (Å²) in [6.07, 6.45) is 3.29. The Bertz CT molecular complexity index is 1190. The SMILES string of the molecule is Cc1cn(Cc2ccc(C(=O)c3ccc(F)cc3)cc2)c2nc[nH]c(=O)c12. The minimum absolute atomic E-state index is 0.156. The summed E-state index contributed by atoms with van der Waals surface area (Å²) in [6.45, 7) is 2.41. The number of aromatic amines is 1. The van der Waals surface area contributed by atoms with Gasteiger partial charge in [0.1, 0.15) is 11.5 Å². The Kier molecular flexibility index (Phi) is 4.16. The van der Waals surface area contributed by atoms with E-state index >= 15 is 0 Å². The molecule has 0 unspecified atom stereocenters. The van der Waals surface area contributed by atoms with Crippen LogP contribution in [0.3, 0.4) is 0 Å². The van der Waals surface area contributed by atoms with Crippen LogP contribution in [-0.2, 0) is 6.54 Å². The number of rotatable bonds is 4. The second kappa shape index (κ2) is 6.64. The number of H-pyrrole nitrogens is 1. The number of carbonyl (C=O) groups excluding carboxylic acids is 1. The molecule has 0 fully saturated rings. The number of carbonyl (C=O) groups is 1. The van der Waals surface area contributed by atoms with Gasteiger partial charge in [0.25, 0.3) is 5.56 Å². The van der Waals surface area contributed by atoms with E-state index in [9.17, 15) is 14.0 Å². The van der Waals surface area contributed by atoms with Crippen LogP contribution in [-0.4, -0.2) is 20.3 Å². The highest BCUT2D eigenvalue weighted by atomic mass is 19.1. The van der Waals surface area contributed by atoms with E-state index in [1.807, 2.05) is 29.8 Å². The number of hydrogen-bond donors (Lipinski definition) is 1. The average molecular weight is 361 g/mol. The first-order chi connectivity index (χ1) is 13.0. The molecule has 2 aromatic carbocycles. The van der Waals surface area contributed by atoms with Crippen molar-refractivity contribution in [1.29, 1.82) is 0 Å². The van der Waals surface area contributed by atoms with Crippen LogP contribution in [0.15, 0.2) is 65.8 Å². The molecule has 0 bridgehead atoms. The molecule has 4 aromatic rings. The highest BCUT2D eigenvalue weighted by Gasteiger charge is 2.12. The first kappa shape index (κ1) is 16.9. The topological polar surface area (TPSA) is 67.8 Å². The molecule has 6 heteroatoms. The molecule has 0 atom stereocenters. The Labute approximate surface area is 154 Å². The highest BCUT2D eigenvalue weighted by molar-refractivity contribution is 6.08. The van der Waals surface area contributed by atoms with E-state index in [0.717, 1.165) is 11.1 Å². The van der Waals surface area contributed by atoms with E-state index in [-0.39, 0.29) is 17.2 Å². The van der Waals surface area contributed by atoms with Crippen LogP contribution in [0.25, 0.3) is 11.0 Å². The molecule has 2 heterocycles. The van der Waals surface area contributed by atoms with Crippen molar-refractivity contribution in [3.05, 3.63) is 99.5 Å². The number of ketones is 1. The lowest BCUT2D eigenvalue weighted by Crippen LogP contribution is -2.08. The van der Waals surface area contributed by atoms with Crippen LogP contribution in [0.5, 0.6) is 0 Å². The van der Waals surface area contributed by atoms with Gasteiger partial charge in [-0.2, -0.15) is 0 Å². The third-order valence-electron chi connectivity index (χ3n) is 4.52. The molecule has 134 valence electrons. The zero-order chi connectivity index (χ0) is 19.0. The van der Waals surface area contributed by atoms with Crippen LogP contribution >= 0.6 is 0 Å². The minimum Gasteiger partial charge on any atom is -0.328 e. The lowest BCUT2D eigenvalue weighted by atomic mass is 10.0. The number of aromatic nitrogens is 3. The first-order valence-corrected chi connectivity index (χ1v) is 8.45. The third-order valence-corrected chi connectivity index (χ3v) is 4.52. The van der Waals surface area contributed by atoms with Crippen molar-refractivity contribution in [2.24, 2.45) is 0 Å². The maximum absolute atomic E-state index is 13.0. The Hall–Kier alpha value is -3.54. The molecular formula is C21H16FN3O2. The molecule has 2 aromatic heterocycles. The summed E-state index contributed by atoms with van der Waals surface area (Å²) in [6, 6.07) is 12.7. The number of hydrogen-bond acceptors (Lipinski definition) is 3. The fourth-order valence-corrected chi connectivity index (χ4v) is 3.17. The standard InChI is InChI=1S/C21H16FN3O2/c1-13-10-25(20-18(13)21(27)24-12-23-20)11-14-2-4-15(5-3-14)19(26)16-6-8-17(22)9-7-16/h2-10,12H,11H2,1H3,(H,23,24,27). The molecule has 0 aliphatic heterocycles. The van der Waals surface area contributed by atoms with Gasteiger partial charge in [0.15, 0.2) is 5.78 Å². The van der Waals surface area contributed by atoms with Crippen molar-refractivity contribution in [3.8, 4) is 0 Å². The molecule has 0 spiro atoms. The lowest BCUT2D eigenvalue weighted by molar-refractivity contribution is 0.103. The molecule has 27 heavy (non-hydrogen) atoms. The van der Waals surface area contributed by atoms with Gasteiger partial charge in [-0.1, -0.05) is 24.3 Å². The molecule has 0 radical (unpaired) electrons. The molecule has 0 aliphatic rings. The van der Waals surface area contributed by atoms with Gasteiger partial charge in [-0.25, -0.2) is 9.37 Å². The maximum Gasteiger partial charge on any atom is 0.260 e. The quantitative estimate of drug-likeness (QED) is 0.566. The van der Waals surface area contributed by atoms with Gasteiger partial charge in [-0.3, -0.25) is 9.59 Å². The van der Waals surface area contributed by atoms with E-state index in [4.69, 9.17) is 0 Å². The van der Waals surface area contributed by atoms with Crippen molar-refractivity contribution in [2.45, 2.75) is 13.5 Å². The fraction of sp³-hybridized carbons (Fsp3) is 0.0952. The zero-order valence-corrected chi connectivity index (χ0v) is 14.6. The largest absolute Gasteiger partial charge is 0.328 e. The van der Waals surface area contributed by atoms with Crippen molar-refractivity contribution in [1.82, 2.24) is 14.5 Å². The molecule has 0 amide bonds. The molecule has 0 saturated carbocycles. The average Bonchev–Trinajstić information content (AvgIpc) is 2.99. The van der Waals surface area contributed by atoms with Crippen LogP contribution in [0.2, 0.25) is 0 Å². The molecule has 5 nitrogen and oxygen atoms in total. The third kappa shape index (κ3) is 3.17. The van der Waals surface area contributed by atoms with Crippen molar-refractivity contribution in [3.63, 3.8) is 0 Å². The van der Waals surface area contributed by atoms with Gasteiger partial charge in [0, 0.05) is 23.9 Å². The van der Waals surface area contributed by atoms with Gasteiger partial charge in [-0.05, 0) is 42.3 Å². The first-order valence-electron chi connectivity index (χ1n) is 8.45. The summed E-state index contributed by atoms with van der Waals surface area (Å²) >= 11 is 0. The van der Waals surface area contributed by atoms with E-state index < -0.39 is 0 Å². The highest BCUT2D eigenvalue weighted by Crippen LogP contribution is 2.17. The van der Waals surface area contributed by atoms with Gasteiger partial charge < -0.3 is 9.55 Å². The van der Waals surface area contributed by atoms with E-state index in [1.54, 1.807) is 12.1 Å². The number of aryl methyl sites for hydroxylation is 1. The number of fused-ring (bicyclic) bond motifs is 1. The van der Waals surface area contributed by atoms with Crippen LogP contribution in [0.1, 0.15) is 27.0 Å². The van der Waals surface area contributed by atoms with Gasteiger partial charge >= 0.3 is 0 Å². The summed E-state index contributed by atoms with van der Waals surface area (Å²) in [5.41, 5.74) is 3.29. The Morgan fingerprint density at radius 1 is 1.07 bits per heavy atom. The number of benzene rings is 2. The maximum atomic E-state index is 13.0. The molecular weight excluding hydrogens is 345 g/mol. The Balaban J connectivity index is 1.60. The predicted molar refractivity (Wildman–Crippen MR) is 100 cm³/mol. The van der Waals surface area contributed by atoms with Gasteiger partial charge in [-0.15, -0.1) is 0 Å². The summed E-state index contributed by atoms with van der Waals surface area (Å²) in [4.78, 5) is 31.3. The molecule has 4 rings (SSSR count). The summed E-state index contributed by atoms with van der Waals surface area (Å²) in [5.74, 6) is -0.527. The Morgan fingerprint density at radius 3 is 2.37 bits per heavy atom.